The molecule has 0 heterocycles. The molecule has 1 aromatic carbocycles. The Morgan fingerprint density at radius 1 is 1.59 bits per heavy atom. The highest BCUT2D eigenvalue weighted by atomic mass is 79.9. The zero-order chi connectivity index (χ0) is 13.0. The van der Waals surface area contributed by atoms with Crippen LogP contribution in [0, 0.1) is 0 Å². The van der Waals surface area contributed by atoms with Crippen molar-refractivity contribution in [1.82, 2.24) is 0 Å². The molecule has 1 atom stereocenters. The van der Waals surface area contributed by atoms with Crippen LogP contribution in [0.3, 0.4) is 0 Å². The van der Waals surface area contributed by atoms with E-state index in [0.717, 1.165) is 4.47 Å². The van der Waals surface area contributed by atoms with E-state index in [1.54, 1.807) is 13.0 Å². The van der Waals surface area contributed by atoms with Crippen molar-refractivity contribution in [1.29, 1.82) is 0 Å². The molecule has 17 heavy (non-hydrogen) atoms. The van der Waals surface area contributed by atoms with E-state index in [1.807, 2.05) is 12.1 Å². The second-order valence-electron chi connectivity index (χ2n) is 3.44. The topological polar surface area (TPSA) is 64.3 Å². The van der Waals surface area contributed by atoms with Crippen LogP contribution in [-0.2, 0) is 9.53 Å². The van der Waals surface area contributed by atoms with Gasteiger partial charge in [0.1, 0.15) is 11.0 Å². The van der Waals surface area contributed by atoms with Crippen LogP contribution in [-0.4, -0.2) is 24.1 Å². The highest BCUT2D eigenvalue weighted by Crippen LogP contribution is 2.22. The van der Waals surface area contributed by atoms with Gasteiger partial charge in [-0.05, 0) is 25.1 Å². The summed E-state index contributed by atoms with van der Waals surface area (Å²) in [5.74, 6) is -0.348. The molecule has 0 radical (unpaired) electrons. The number of hydrogen-bond acceptors (Lipinski definition) is 4. The molecule has 92 valence electrons. The van der Waals surface area contributed by atoms with Gasteiger partial charge < -0.3 is 15.8 Å². The number of nitrogens with one attached hydrogen (secondary N) is 1. The van der Waals surface area contributed by atoms with Crippen molar-refractivity contribution >= 4 is 44.8 Å². The van der Waals surface area contributed by atoms with E-state index < -0.39 is 6.04 Å². The first-order valence-corrected chi connectivity index (χ1v) is 6.09. The number of methoxy groups -OCH3 is 1. The quantitative estimate of drug-likeness (QED) is 0.657. The minimum absolute atomic E-state index is 0.275. The highest BCUT2D eigenvalue weighted by Gasteiger charge is 2.15. The number of thiocarbonyl (C=S) groups is 1. The van der Waals surface area contributed by atoms with Gasteiger partial charge in [0.2, 0.25) is 0 Å². The molecule has 0 fully saturated rings. The molecule has 0 aliphatic heterocycles. The molecule has 1 rings (SSSR count). The third-order valence-electron chi connectivity index (χ3n) is 2.17. The third-order valence-corrected chi connectivity index (χ3v) is 2.89. The van der Waals surface area contributed by atoms with E-state index >= 15 is 0 Å². The van der Waals surface area contributed by atoms with Gasteiger partial charge in [0, 0.05) is 15.7 Å². The summed E-state index contributed by atoms with van der Waals surface area (Å²) >= 11 is 8.30. The normalized spacial score (nSPS) is 11.7. The minimum atomic E-state index is -0.470. The maximum absolute atomic E-state index is 11.3. The summed E-state index contributed by atoms with van der Waals surface area (Å²) in [5, 5.41) is 3.01. The molecule has 3 N–H and O–H groups in total. The Hall–Kier alpha value is -1.14. The molecule has 0 bridgehead atoms. The molecule has 0 saturated carbocycles. The number of anilines is 1. The molecular weight excluding hydrogens is 304 g/mol. The molecule has 4 nitrogen and oxygen atoms in total. The fraction of sp³-hybridized carbons (Fsp3) is 0.273. The SMILES string of the molecule is COC(=O)C(C)Nc1cc(Br)ccc1C(N)=S. The van der Waals surface area contributed by atoms with Crippen LogP contribution >= 0.6 is 28.1 Å². The molecule has 0 amide bonds. The van der Waals surface area contributed by atoms with Gasteiger partial charge in [0.05, 0.1) is 7.11 Å². The van der Waals surface area contributed by atoms with Crippen LogP contribution in [0.25, 0.3) is 0 Å². The molecule has 0 saturated heterocycles. The van der Waals surface area contributed by atoms with Crippen LogP contribution in [0.4, 0.5) is 5.69 Å². The van der Waals surface area contributed by atoms with Gasteiger partial charge in [0.15, 0.2) is 0 Å². The van der Waals surface area contributed by atoms with Gasteiger partial charge in [-0.25, -0.2) is 4.79 Å². The van der Waals surface area contributed by atoms with Crippen LogP contribution in [0.1, 0.15) is 12.5 Å². The van der Waals surface area contributed by atoms with Gasteiger partial charge in [0.25, 0.3) is 0 Å². The number of hydrogen-bond donors (Lipinski definition) is 2. The van der Waals surface area contributed by atoms with Gasteiger partial charge in [-0.3, -0.25) is 0 Å². The largest absolute Gasteiger partial charge is 0.467 e. The summed E-state index contributed by atoms with van der Waals surface area (Å²) in [6.45, 7) is 1.70. The standard InChI is InChI=1S/C11H13BrN2O2S/c1-6(11(15)16-2)14-9-5-7(12)3-4-8(9)10(13)17/h3-6,14H,1-2H3,(H2,13,17). The average molecular weight is 317 g/mol. The number of rotatable bonds is 4. The lowest BCUT2D eigenvalue weighted by Gasteiger charge is -2.16. The number of carbonyl (C=O) groups is 1. The summed E-state index contributed by atoms with van der Waals surface area (Å²) in [7, 11) is 1.34. The van der Waals surface area contributed by atoms with Gasteiger partial charge in [-0.15, -0.1) is 0 Å². The van der Waals surface area contributed by atoms with Crippen molar-refractivity contribution in [2.24, 2.45) is 5.73 Å². The number of benzene rings is 1. The Morgan fingerprint density at radius 3 is 2.76 bits per heavy atom. The Morgan fingerprint density at radius 2 is 2.24 bits per heavy atom. The zero-order valence-electron chi connectivity index (χ0n) is 9.49. The highest BCUT2D eigenvalue weighted by molar-refractivity contribution is 9.10. The van der Waals surface area contributed by atoms with Gasteiger partial charge in [-0.2, -0.15) is 0 Å². The smallest absolute Gasteiger partial charge is 0.327 e. The van der Waals surface area contributed by atoms with Crippen LogP contribution in [0.15, 0.2) is 22.7 Å². The van der Waals surface area contributed by atoms with Gasteiger partial charge >= 0.3 is 5.97 Å². The molecule has 6 heteroatoms. The van der Waals surface area contributed by atoms with E-state index in [0.29, 0.717) is 11.3 Å². The van der Waals surface area contributed by atoms with Crippen molar-refractivity contribution in [3.05, 3.63) is 28.2 Å². The van der Waals surface area contributed by atoms with Crippen molar-refractivity contribution in [2.75, 3.05) is 12.4 Å². The number of ether oxygens (including phenoxy) is 1. The van der Waals surface area contributed by atoms with E-state index in [-0.39, 0.29) is 11.0 Å². The van der Waals surface area contributed by atoms with Gasteiger partial charge in [-0.1, -0.05) is 28.1 Å². The van der Waals surface area contributed by atoms with E-state index in [1.165, 1.54) is 7.11 Å². The maximum Gasteiger partial charge on any atom is 0.327 e. The Bertz CT molecular complexity index is 451. The molecule has 0 spiro atoms. The molecule has 1 aromatic rings. The molecule has 0 aliphatic carbocycles. The third kappa shape index (κ3) is 3.67. The van der Waals surface area contributed by atoms with E-state index in [4.69, 9.17) is 18.0 Å². The van der Waals surface area contributed by atoms with Crippen LogP contribution < -0.4 is 11.1 Å². The molecule has 0 aliphatic rings. The zero-order valence-corrected chi connectivity index (χ0v) is 11.9. The maximum atomic E-state index is 11.3. The summed E-state index contributed by atoms with van der Waals surface area (Å²) < 4.78 is 5.51. The number of halogens is 1. The first-order chi connectivity index (χ1) is 7.95. The fourth-order valence-corrected chi connectivity index (χ4v) is 1.86. The van der Waals surface area contributed by atoms with Crippen LogP contribution in [0.2, 0.25) is 0 Å². The second-order valence-corrected chi connectivity index (χ2v) is 4.80. The lowest BCUT2D eigenvalue weighted by molar-refractivity contribution is -0.141. The summed E-state index contributed by atoms with van der Waals surface area (Å²) in [6, 6.07) is 4.97. The van der Waals surface area contributed by atoms with Crippen LogP contribution in [0.5, 0.6) is 0 Å². The van der Waals surface area contributed by atoms with Crippen molar-refractivity contribution in [2.45, 2.75) is 13.0 Å². The monoisotopic (exact) mass is 316 g/mol. The summed E-state index contributed by atoms with van der Waals surface area (Å²) in [5.41, 5.74) is 7.00. The lowest BCUT2D eigenvalue weighted by Crippen LogP contribution is -2.28. The van der Waals surface area contributed by atoms with E-state index in [9.17, 15) is 4.79 Å². The predicted octanol–water partition coefficient (Wildman–Crippen LogP) is 2.06. The Labute approximate surface area is 114 Å². The van der Waals surface area contributed by atoms with E-state index in [2.05, 4.69) is 26.0 Å². The van der Waals surface area contributed by atoms with Crippen molar-refractivity contribution in [3.8, 4) is 0 Å². The number of nitrogens with two attached hydrogens (primary N) is 1. The Balaban J connectivity index is 3.00. The first-order valence-electron chi connectivity index (χ1n) is 4.89. The first kappa shape index (κ1) is 13.9. The summed E-state index contributed by atoms with van der Waals surface area (Å²) in [6.07, 6.45) is 0. The predicted molar refractivity (Wildman–Crippen MR) is 75.1 cm³/mol. The van der Waals surface area contributed by atoms with Crippen molar-refractivity contribution in [3.63, 3.8) is 0 Å². The molecule has 0 aromatic heterocycles. The lowest BCUT2D eigenvalue weighted by atomic mass is 10.1. The molecule has 1 unspecified atom stereocenters. The second kappa shape index (κ2) is 5.97. The number of esters is 1. The van der Waals surface area contributed by atoms with Crippen molar-refractivity contribution < 1.29 is 9.53 Å². The Kier molecular flexibility index (Phi) is 4.89. The molecular formula is C11H13BrN2O2S. The minimum Gasteiger partial charge on any atom is -0.467 e. The fourth-order valence-electron chi connectivity index (χ4n) is 1.32. The average Bonchev–Trinajstić information content (AvgIpc) is 2.27. The number of carbonyl (C=O) groups excluding carboxylic acids is 1. The summed E-state index contributed by atoms with van der Waals surface area (Å²) in [4.78, 5) is 11.6.